The minimum Gasteiger partial charge on any atom is -0.390 e. The van der Waals surface area contributed by atoms with E-state index in [9.17, 15) is 5.11 Å². The molecule has 164 valence electrons. The van der Waals surface area contributed by atoms with Gasteiger partial charge in [-0.25, -0.2) is 4.98 Å². The SMILES string of the molecule is CC(C)(Cc1ccc2ccccc2c1)NCC(O)C1CCCN1Cc1cccnc1Cl. The van der Waals surface area contributed by atoms with Crippen molar-refractivity contribution in [3.8, 4) is 0 Å². The van der Waals surface area contributed by atoms with Gasteiger partial charge in [0.05, 0.1) is 6.10 Å². The zero-order valence-corrected chi connectivity index (χ0v) is 19.1. The number of benzene rings is 2. The molecule has 2 heterocycles. The Kier molecular flexibility index (Phi) is 6.92. The molecule has 2 atom stereocenters. The Morgan fingerprint density at radius 1 is 1.16 bits per heavy atom. The molecule has 2 unspecified atom stereocenters. The summed E-state index contributed by atoms with van der Waals surface area (Å²) >= 11 is 6.25. The van der Waals surface area contributed by atoms with Gasteiger partial charge in [-0.3, -0.25) is 4.90 Å². The van der Waals surface area contributed by atoms with Crippen LogP contribution in [0.2, 0.25) is 5.15 Å². The van der Waals surface area contributed by atoms with E-state index in [0.29, 0.717) is 11.7 Å². The van der Waals surface area contributed by atoms with Gasteiger partial charge in [0.15, 0.2) is 0 Å². The first-order valence-corrected chi connectivity index (χ1v) is 11.5. The normalized spacial score (nSPS) is 18.5. The molecule has 1 aromatic heterocycles. The fourth-order valence-corrected chi connectivity index (χ4v) is 4.86. The van der Waals surface area contributed by atoms with Gasteiger partial charge in [0.1, 0.15) is 5.15 Å². The molecule has 3 aromatic rings. The van der Waals surface area contributed by atoms with E-state index >= 15 is 0 Å². The molecular weight excluding hydrogens is 406 g/mol. The van der Waals surface area contributed by atoms with Crippen LogP contribution in [0.5, 0.6) is 0 Å². The molecule has 0 spiro atoms. The summed E-state index contributed by atoms with van der Waals surface area (Å²) in [6, 6.07) is 19.2. The van der Waals surface area contributed by atoms with E-state index in [1.807, 2.05) is 12.1 Å². The maximum absolute atomic E-state index is 11.0. The summed E-state index contributed by atoms with van der Waals surface area (Å²) in [6.07, 6.45) is 4.30. The van der Waals surface area contributed by atoms with Crippen molar-refractivity contribution in [3.63, 3.8) is 0 Å². The van der Waals surface area contributed by atoms with Gasteiger partial charge in [0.25, 0.3) is 0 Å². The average molecular weight is 438 g/mol. The van der Waals surface area contributed by atoms with Crippen LogP contribution in [-0.4, -0.2) is 45.8 Å². The van der Waals surface area contributed by atoms with Gasteiger partial charge >= 0.3 is 0 Å². The van der Waals surface area contributed by atoms with Gasteiger partial charge in [0, 0.05) is 36.4 Å². The molecule has 1 aliphatic rings. The molecule has 0 saturated carbocycles. The number of aromatic nitrogens is 1. The highest BCUT2D eigenvalue weighted by Crippen LogP contribution is 2.25. The Morgan fingerprint density at radius 3 is 2.77 bits per heavy atom. The highest BCUT2D eigenvalue weighted by Gasteiger charge is 2.32. The minimum atomic E-state index is -0.422. The highest BCUT2D eigenvalue weighted by molar-refractivity contribution is 6.30. The highest BCUT2D eigenvalue weighted by atomic mass is 35.5. The van der Waals surface area contributed by atoms with E-state index in [1.54, 1.807) is 6.20 Å². The number of pyridine rings is 1. The maximum Gasteiger partial charge on any atom is 0.133 e. The first kappa shape index (κ1) is 22.2. The smallest absolute Gasteiger partial charge is 0.133 e. The van der Waals surface area contributed by atoms with Gasteiger partial charge in [-0.1, -0.05) is 60.1 Å². The third kappa shape index (κ3) is 5.64. The molecule has 1 saturated heterocycles. The molecule has 0 aliphatic carbocycles. The van der Waals surface area contributed by atoms with Crippen molar-refractivity contribution in [3.05, 3.63) is 77.1 Å². The lowest BCUT2D eigenvalue weighted by atomic mass is 9.93. The number of halogens is 1. The number of hydrogen-bond donors (Lipinski definition) is 2. The van der Waals surface area contributed by atoms with E-state index in [-0.39, 0.29) is 11.6 Å². The summed E-state index contributed by atoms with van der Waals surface area (Å²) < 4.78 is 0. The number of likely N-dealkylation sites (tertiary alicyclic amines) is 1. The first-order valence-electron chi connectivity index (χ1n) is 11.2. The quantitative estimate of drug-likeness (QED) is 0.496. The number of rotatable bonds is 8. The van der Waals surface area contributed by atoms with Crippen molar-refractivity contribution in [1.82, 2.24) is 15.2 Å². The lowest BCUT2D eigenvalue weighted by Crippen LogP contribution is -2.50. The van der Waals surface area contributed by atoms with Crippen molar-refractivity contribution >= 4 is 22.4 Å². The van der Waals surface area contributed by atoms with Crippen molar-refractivity contribution < 1.29 is 5.11 Å². The second-order valence-electron chi connectivity index (χ2n) is 9.32. The Hall–Kier alpha value is -1.98. The molecule has 0 bridgehead atoms. The molecule has 1 aliphatic heterocycles. The van der Waals surface area contributed by atoms with Crippen LogP contribution in [0, 0.1) is 0 Å². The van der Waals surface area contributed by atoms with Crippen LogP contribution in [-0.2, 0) is 13.0 Å². The van der Waals surface area contributed by atoms with Crippen LogP contribution in [0.4, 0.5) is 0 Å². The fraction of sp³-hybridized carbons (Fsp3) is 0.423. The largest absolute Gasteiger partial charge is 0.390 e. The summed E-state index contributed by atoms with van der Waals surface area (Å²) in [7, 11) is 0. The average Bonchev–Trinajstić information content (AvgIpc) is 3.22. The van der Waals surface area contributed by atoms with E-state index in [1.165, 1.54) is 16.3 Å². The van der Waals surface area contributed by atoms with Crippen molar-refractivity contribution in [2.45, 2.75) is 57.3 Å². The standard InChI is InChI=1S/C26H32ClN3O/c1-26(2,16-19-11-12-20-7-3-4-8-21(20)15-19)29-17-24(31)23-10-6-14-30(23)18-22-9-5-13-28-25(22)27/h3-5,7-9,11-13,15,23-24,29,31H,6,10,14,16-18H2,1-2H3. The third-order valence-electron chi connectivity index (χ3n) is 6.32. The van der Waals surface area contributed by atoms with Crippen LogP contribution >= 0.6 is 11.6 Å². The van der Waals surface area contributed by atoms with Crippen molar-refractivity contribution in [1.29, 1.82) is 0 Å². The van der Waals surface area contributed by atoms with Crippen LogP contribution < -0.4 is 5.32 Å². The maximum atomic E-state index is 11.0. The Labute approximate surface area is 190 Å². The van der Waals surface area contributed by atoms with Crippen LogP contribution in [0.3, 0.4) is 0 Å². The van der Waals surface area contributed by atoms with Crippen molar-refractivity contribution in [2.24, 2.45) is 0 Å². The summed E-state index contributed by atoms with van der Waals surface area (Å²) in [5, 5.41) is 17.7. The van der Waals surface area contributed by atoms with E-state index in [2.05, 4.69) is 71.5 Å². The molecule has 2 aromatic carbocycles. The second-order valence-corrected chi connectivity index (χ2v) is 9.68. The van der Waals surface area contributed by atoms with E-state index < -0.39 is 6.10 Å². The third-order valence-corrected chi connectivity index (χ3v) is 6.66. The molecular formula is C26H32ClN3O. The lowest BCUT2D eigenvalue weighted by molar-refractivity contribution is 0.0632. The predicted octanol–water partition coefficient (Wildman–Crippen LogP) is 4.82. The zero-order valence-electron chi connectivity index (χ0n) is 18.4. The molecule has 4 nitrogen and oxygen atoms in total. The summed E-state index contributed by atoms with van der Waals surface area (Å²) in [6.45, 7) is 6.69. The number of fused-ring (bicyclic) bond motifs is 1. The van der Waals surface area contributed by atoms with Gasteiger partial charge < -0.3 is 10.4 Å². The molecule has 2 N–H and O–H groups in total. The van der Waals surface area contributed by atoms with Gasteiger partial charge in [-0.15, -0.1) is 0 Å². The molecule has 5 heteroatoms. The fourth-order valence-electron chi connectivity index (χ4n) is 4.68. The topological polar surface area (TPSA) is 48.4 Å². The summed E-state index contributed by atoms with van der Waals surface area (Å²) in [5.74, 6) is 0. The Bertz CT molecular complexity index is 1020. The van der Waals surface area contributed by atoms with E-state index in [0.717, 1.165) is 37.9 Å². The van der Waals surface area contributed by atoms with E-state index in [4.69, 9.17) is 11.6 Å². The second kappa shape index (κ2) is 9.66. The first-order chi connectivity index (χ1) is 14.9. The Morgan fingerprint density at radius 2 is 1.97 bits per heavy atom. The number of hydrogen-bond acceptors (Lipinski definition) is 4. The molecule has 4 rings (SSSR count). The lowest BCUT2D eigenvalue weighted by Gasteiger charge is -2.33. The summed E-state index contributed by atoms with van der Waals surface area (Å²) in [5.41, 5.74) is 2.21. The summed E-state index contributed by atoms with van der Waals surface area (Å²) in [4.78, 5) is 6.52. The minimum absolute atomic E-state index is 0.112. The number of nitrogens with one attached hydrogen (secondary N) is 1. The number of nitrogens with zero attached hydrogens (tertiary/aromatic N) is 2. The number of aliphatic hydroxyl groups excluding tert-OH is 1. The Balaban J connectivity index is 1.35. The monoisotopic (exact) mass is 437 g/mol. The van der Waals surface area contributed by atoms with Gasteiger partial charge in [-0.05, 0) is 62.1 Å². The van der Waals surface area contributed by atoms with Gasteiger partial charge in [0.2, 0.25) is 0 Å². The molecule has 1 fully saturated rings. The van der Waals surface area contributed by atoms with Crippen molar-refractivity contribution in [2.75, 3.05) is 13.1 Å². The predicted molar refractivity (Wildman–Crippen MR) is 128 cm³/mol. The zero-order chi connectivity index (χ0) is 21.8. The number of aliphatic hydroxyl groups is 1. The van der Waals surface area contributed by atoms with Gasteiger partial charge in [-0.2, -0.15) is 0 Å². The molecule has 0 amide bonds. The van der Waals surface area contributed by atoms with Crippen LogP contribution in [0.25, 0.3) is 10.8 Å². The number of β-amino-alcohol motifs (C(OH)–C–C–N with tert-alkyl or cyclic N) is 1. The van der Waals surface area contributed by atoms with Crippen LogP contribution in [0.15, 0.2) is 60.8 Å². The molecule has 0 radical (unpaired) electrons. The van der Waals surface area contributed by atoms with Crippen LogP contribution in [0.1, 0.15) is 37.8 Å². The molecule has 31 heavy (non-hydrogen) atoms.